The molecule has 0 aliphatic heterocycles. The molecule has 0 amide bonds. The van der Waals surface area contributed by atoms with Crippen LogP contribution in [-0.2, 0) is 20.0 Å². The van der Waals surface area contributed by atoms with Gasteiger partial charge in [-0.3, -0.25) is 5.04 Å². The fourth-order valence-corrected chi connectivity index (χ4v) is 3.98. The van der Waals surface area contributed by atoms with Gasteiger partial charge in [0.25, 0.3) is 0 Å². The Kier molecular flexibility index (Phi) is 18.2. The van der Waals surface area contributed by atoms with Crippen LogP contribution in [0.15, 0.2) is 89.8 Å². The molecule has 194 valence electrons. The molecule has 0 radical (unpaired) electrons. The second-order valence-electron chi connectivity index (χ2n) is 7.49. The van der Waals surface area contributed by atoms with Crippen molar-refractivity contribution in [3.05, 3.63) is 123 Å². The van der Waals surface area contributed by atoms with Crippen LogP contribution in [0.25, 0.3) is 35.4 Å². The SMILES string of the molecule is O=S(=O)=O.[Na+].[Na+].[O-]OOSc1cc(/C=C/c2ccc(-c3ccc(/C=C/c4c[c-]c(Cl)cc4)cc3)cc2)ccc1Cl. The smallest absolute Gasteiger partial charge is 0.691 e. The van der Waals surface area contributed by atoms with Crippen molar-refractivity contribution in [1.29, 1.82) is 0 Å². The first-order valence-electron chi connectivity index (χ1n) is 10.8. The van der Waals surface area contributed by atoms with Crippen molar-refractivity contribution in [2.75, 3.05) is 0 Å². The van der Waals surface area contributed by atoms with Crippen molar-refractivity contribution in [3.63, 3.8) is 0 Å². The molecule has 0 atom stereocenters. The maximum atomic E-state index is 10.0. The second-order valence-corrected chi connectivity index (χ2v) is 9.46. The molecule has 4 aromatic rings. The monoisotopic (exact) mass is 630 g/mol. The molecule has 0 spiro atoms. The van der Waals surface area contributed by atoms with Crippen LogP contribution < -0.4 is 64.4 Å². The van der Waals surface area contributed by atoms with Crippen molar-refractivity contribution < 1.29 is 86.4 Å². The van der Waals surface area contributed by atoms with Gasteiger partial charge >= 0.3 is 69.7 Å². The summed E-state index contributed by atoms with van der Waals surface area (Å²) in [6, 6.07) is 30.8. The molecule has 0 N–H and O–H groups in total. The predicted octanol–water partition coefficient (Wildman–Crippen LogP) is 1.04. The zero-order valence-electron chi connectivity index (χ0n) is 21.4. The predicted molar refractivity (Wildman–Crippen MR) is 149 cm³/mol. The van der Waals surface area contributed by atoms with Crippen LogP contribution >= 0.6 is 35.2 Å². The van der Waals surface area contributed by atoms with Crippen molar-refractivity contribution in [1.82, 2.24) is 0 Å². The van der Waals surface area contributed by atoms with Gasteiger partial charge in [0.05, 0.1) is 22.0 Å². The van der Waals surface area contributed by atoms with E-state index in [2.05, 4.69) is 70.0 Å². The third-order valence-corrected chi connectivity index (χ3v) is 6.31. The largest absolute Gasteiger partial charge is 1.00 e. The minimum Gasteiger partial charge on any atom is -0.691 e. The van der Waals surface area contributed by atoms with Gasteiger partial charge in [-0.15, -0.1) is 35.9 Å². The molecule has 0 aromatic heterocycles. The summed E-state index contributed by atoms with van der Waals surface area (Å²) in [5.41, 5.74) is 6.44. The molecule has 0 saturated heterocycles. The Morgan fingerprint density at radius 1 is 0.700 bits per heavy atom. The number of halogens is 2. The molecular weight excluding hydrogens is 613 g/mol. The molecule has 4 aromatic carbocycles. The van der Waals surface area contributed by atoms with Crippen molar-refractivity contribution >= 4 is 70.2 Å². The van der Waals surface area contributed by atoms with E-state index in [1.165, 1.54) is 0 Å². The van der Waals surface area contributed by atoms with Gasteiger partial charge in [0.15, 0.2) is 0 Å². The molecule has 6 nitrogen and oxygen atoms in total. The van der Waals surface area contributed by atoms with E-state index >= 15 is 0 Å². The summed E-state index contributed by atoms with van der Waals surface area (Å²) in [5, 5.41) is 14.5. The summed E-state index contributed by atoms with van der Waals surface area (Å²) in [4.78, 5) is 0.597. The average Bonchev–Trinajstić information content (AvgIpc) is 2.92. The Bertz CT molecular complexity index is 1510. The Labute approximate surface area is 292 Å². The zero-order chi connectivity index (χ0) is 27.3. The van der Waals surface area contributed by atoms with Gasteiger partial charge in [-0.1, -0.05) is 89.4 Å². The first-order valence-corrected chi connectivity index (χ1v) is 13.3. The van der Waals surface area contributed by atoms with Gasteiger partial charge in [0.2, 0.25) is 0 Å². The number of benzene rings is 4. The van der Waals surface area contributed by atoms with Crippen molar-refractivity contribution in [3.8, 4) is 11.1 Å². The van der Waals surface area contributed by atoms with Crippen LogP contribution in [0.2, 0.25) is 10.0 Å². The van der Waals surface area contributed by atoms with E-state index in [9.17, 15) is 5.26 Å². The molecule has 0 saturated carbocycles. The minimum atomic E-state index is -3.11. The quantitative estimate of drug-likeness (QED) is 0.0717. The Morgan fingerprint density at radius 3 is 1.62 bits per heavy atom. The Balaban J connectivity index is 0.00000125. The fraction of sp³-hybridized carbons (Fsp3) is 0. The molecule has 4 rings (SSSR count). The topological polar surface area (TPSA) is 92.7 Å². The molecule has 0 heterocycles. The third kappa shape index (κ3) is 13.2. The van der Waals surface area contributed by atoms with Gasteiger partial charge in [-0.25, -0.2) is 0 Å². The normalized spacial score (nSPS) is 10.4. The minimum absolute atomic E-state index is 0. The summed E-state index contributed by atoms with van der Waals surface area (Å²) < 4.78 is 29.7. The van der Waals surface area contributed by atoms with E-state index in [-0.39, 0.29) is 59.1 Å². The molecule has 40 heavy (non-hydrogen) atoms. The van der Waals surface area contributed by atoms with Gasteiger partial charge in [0.1, 0.15) is 0 Å². The van der Waals surface area contributed by atoms with E-state index in [1.54, 1.807) is 6.07 Å². The molecule has 0 bridgehead atoms. The molecule has 0 aliphatic rings. The van der Waals surface area contributed by atoms with Crippen LogP contribution in [0.5, 0.6) is 0 Å². The van der Waals surface area contributed by atoms with Gasteiger partial charge in [-0.05, 0) is 39.9 Å². The van der Waals surface area contributed by atoms with Gasteiger partial charge < -0.3 is 5.26 Å². The van der Waals surface area contributed by atoms with Crippen LogP contribution in [-0.4, -0.2) is 12.6 Å². The van der Waals surface area contributed by atoms with E-state index in [0.29, 0.717) is 14.9 Å². The van der Waals surface area contributed by atoms with E-state index < -0.39 is 10.6 Å². The van der Waals surface area contributed by atoms with Crippen molar-refractivity contribution in [2.24, 2.45) is 0 Å². The summed E-state index contributed by atoms with van der Waals surface area (Å²) in [5.74, 6) is 0. The number of hydrogen-bond donors (Lipinski definition) is 0. The summed E-state index contributed by atoms with van der Waals surface area (Å²) >= 11 is 12.7. The van der Waals surface area contributed by atoms with Crippen LogP contribution in [0.4, 0.5) is 0 Å². The maximum absolute atomic E-state index is 10.0. The average molecular weight is 631 g/mol. The number of rotatable bonds is 8. The molecule has 0 fully saturated rings. The second kappa shape index (κ2) is 19.8. The Morgan fingerprint density at radius 2 is 1.15 bits per heavy atom. The molecular formula is C28H18Cl2Na2O6S2. The maximum Gasteiger partial charge on any atom is 1.00 e. The summed E-state index contributed by atoms with van der Waals surface area (Å²) in [6.07, 6.45) is 8.08. The summed E-state index contributed by atoms with van der Waals surface area (Å²) in [6.45, 7) is 0. The molecule has 12 heteroatoms. The third-order valence-electron chi connectivity index (χ3n) is 5.00. The van der Waals surface area contributed by atoms with Crippen LogP contribution in [0, 0.1) is 6.07 Å². The van der Waals surface area contributed by atoms with Crippen LogP contribution in [0.3, 0.4) is 0 Å². The van der Waals surface area contributed by atoms with Gasteiger partial charge in [-0.2, -0.15) is 28.6 Å². The van der Waals surface area contributed by atoms with Crippen molar-refractivity contribution in [2.45, 2.75) is 4.90 Å². The van der Waals surface area contributed by atoms with E-state index in [0.717, 1.165) is 45.4 Å². The number of hydrogen-bond acceptors (Lipinski definition) is 7. The standard InChI is InChI=1S/C28H19Cl2O3S.2Na.O3S/c29-26-16-9-22(10-17-26)2-1-20-5-12-24(13-6-20)25-14-7-21(8-15-25)3-4-23-11-18-27(30)28(19-23)34-33-32-31;;;1-4(2)3/h1-16,18-19,31H;;;/q-1;2*+1;/p-1/b2-1+,4-3+;;;. The fourth-order valence-electron chi connectivity index (χ4n) is 3.22. The van der Waals surface area contributed by atoms with Gasteiger partial charge in [0, 0.05) is 0 Å². The summed E-state index contributed by atoms with van der Waals surface area (Å²) in [7, 11) is -3.11. The first kappa shape index (κ1) is 36.8. The Hall–Kier alpha value is -1.21. The molecule has 0 unspecified atom stereocenters. The van der Waals surface area contributed by atoms with Crippen LogP contribution in [0.1, 0.15) is 22.3 Å². The first-order chi connectivity index (χ1) is 18.3. The zero-order valence-corrected chi connectivity index (χ0v) is 28.6. The van der Waals surface area contributed by atoms with E-state index in [4.69, 9.17) is 35.8 Å². The molecule has 0 aliphatic carbocycles. The van der Waals surface area contributed by atoms with E-state index in [1.807, 2.05) is 48.6 Å².